The predicted octanol–water partition coefficient (Wildman–Crippen LogP) is 3.85. The lowest BCUT2D eigenvalue weighted by atomic mass is 10.1. The number of nitrogens with zero attached hydrogens (tertiary/aromatic N) is 1. The van der Waals surface area contributed by atoms with Crippen LogP contribution < -0.4 is 10.6 Å². The number of benzene rings is 2. The fourth-order valence-electron chi connectivity index (χ4n) is 2.14. The fraction of sp³-hybridized carbons (Fsp3) is 0.250. The highest BCUT2D eigenvalue weighted by atomic mass is 79.9. The maximum atomic E-state index is 5.82. The van der Waals surface area contributed by atoms with Crippen LogP contribution in [0.2, 0.25) is 0 Å². The van der Waals surface area contributed by atoms with Gasteiger partial charge in [-0.1, -0.05) is 45.8 Å². The Hall–Kier alpha value is -1.32. The van der Waals surface area contributed by atoms with Crippen molar-refractivity contribution in [3.05, 3.63) is 63.6 Å². The topological polar surface area (TPSA) is 29.3 Å². The van der Waals surface area contributed by atoms with Crippen molar-refractivity contribution in [2.75, 3.05) is 11.9 Å². The van der Waals surface area contributed by atoms with E-state index in [0.717, 1.165) is 16.6 Å². The molecule has 0 radical (unpaired) electrons. The zero-order valence-corrected chi connectivity index (χ0v) is 12.9. The summed E-state index contributed by atoms with van der Waals surface area (Å²) in [4.78, 5) is 2.24. The Balaban J connectivity index is 2.19. The van der Waals surface area contributed by atoms with Crippen LogP contribution in [0, 0.1) is 6.92 Å². The molecule has 0 aliphatic carbocycles. The molecule has 2 rings (SSSR count). The van der Waals surface area contributed by atoms with Gasteiger partial charge in [-0.05, 0) is 36.2 Å². The SMILES string of the molecule is Cc1ccc(CN(C)c2ccc(Br)cc2CN)cc1. The lowest BCUT2D eigenvalue weighted by Gasteiger charge is -2.22. The molecule has 0 unspecified atom stereocenters. The number of hydrogen-bond donors (Lipinski definition) is 1. The van der Waals surface area contributed by atoms with Gasteiger partial charge in [0.1, 0.15) is 0 Å². The predicted molar refractivity (Wildman–Crippen MR) is 85.3 cm³/mol. The normalized spacial score (nSPS) is 10.5. The highest BCUT2D eigenvalue weighted by molar-refractivity contribution is 9.10. The Morgan fingerprint density at radius 2 is 1.79 bits per heavy atom. The molecule has 100 valence electrons. The first-order valence-corrected chi connectivity index (χ1v) is 7.14. The van der Waals surface area contributed by atoms with Crippen molar-refractivity contribution in [3.8, 4) is 0 Å². The number of aryl methyl sites for hydroxylation is 1. The van der Waals surface area contributed by atoms with Crippen molar-refractivity contribution < 1.29 is 0 Å². The largest absolute Gasteiger partial charge is 0.370 e. The second kappa shape index (κ2) is 6.22. The molecule has 0 heterocycles. The molecular formula is C16H19BrN2. The van der Waals surface area contributed by atoms with Crippen LogP contribution in [-0.4, -0.2) is 7.05 Å². The fourth-order valence-corrected chi connectivity index (χ4v) is 2.55. The van der Waals surface area contributed by atoms with Gasteiger partial charge < -0.3 is 10.6 Å². The van der Waals surface area contributed by atoms with Gasteiger partial charge in [0, 0.05) is 30.3 Å². The second-order valence-corrected chi connectivity index (χ2v) is 5.73. The molecule has 2 aromatic rings. The van der Waals surface area contributed by atoms with Crippen molar-refractivity contribution in [2.45, 2.75) is 20.0 Å². The van der Waals surface area contributed by atoms with E-state index in [9.17, 15) is 0 Å². The second-order valence-electron chi connectivity index (χ2n) is 4.82. The summed E-state index contributed by atoms with van der Waals surface area (Å²) in [6.45, 7) is 3.54. The molecule has 2 N–H and O–H groups in total. The smallest absolute Gasteiger partial charge is 0.0426 e. The first-order valence-electron chi connectivity index (χ1n) is 6.35. The Morgan fingerprint density at radius 3 is 2.42 bits per heavy atom. The van der Waals surface area contributed by atoms with Crippen molar-refractivity contribution in [2.24, 2.45) is 5.73 Å². The zero-order valence-electron chi connectivity index (χ0n) is 11.4. The van der Waals surface area contributed by atoms with Crippen molar-refractivity contribution in [1.29, 1.82) is 0 Å². The number of rotatable bonds is 4. The van der Waals surface area contributed by atoms with Crippen LogP contribution >= 0.6 is 15.9 Å². The molecular weight excluding hydrogens is 300 g/mol. The summed E-state index contributed by atoms with van der Waals surface area (Å²) >= 11 is 3.49. The zero-order chi connectivity index (χ0) is 13.8. The molecule has 2 nitrogen and oxygen atoms in total. The third-order valence-electron chi connectivity index (χ3n) is 3.21. The number of nitrogens with two attached hydrogens (primary N) is 1. The summed E-state index contributed by atoms with van der Waals surface area (Å²) in [6, 6.07) is 14.9. The van der Waals surface area contributed by atoms with Crippen molar-refractivity contribution in [3.63, 3.8) is 0 Å². The third kappa shape index (κ3) is 3.58. The van der Waals surface area contributed by atoms with Gasteiger partial charge in [-0.2, -0.15) is 0 Å². The molecule has 0 saturated carbocycles. The number of halogens is 1. The highest BCUT2D eigenvalue weighted by Crippen LogP contribution is 2.24. The average molecular weight is 319 g/mol. The molecule has 2 aromatic carbocycles. The van der Waals surface area contributed by atoms with Gasteiger partial charge in [-0.25, -0.2) is 0 Å². The van der Waals surface area contributed by atoms with Crippen LogP contribution in [0.5, 0.6) is 0 Å². The first kappa shape index (κ1) is 14.1. The molecule has 19 heavy (non-hydrogen) atoms. The molecule has 3 heteroatoms. The molecule has 0 spiro atoms. The molecule has 0 fully saturated rings. The van der Waals surface area contributed by atoms with Gasteiger partial charge in [0.05, 0.1) is 0 Å². The van der Waals surface area contributed by atoms with E-state index in [1.54, 1.807) is 0 Å². The maximum absolute atomic E-state index is 5.82. The maximum Gasteiger partial charge on any atom is 0.0426 e. The van der Waals surface area contributed by atoms with Crippen LogP contribution in [0.1, 0.15) is 16.7 Å². The summed E-state index contributed by atoms with van der Waals surface area (Å²) in [5.41, 5.74) is 10.8. The van der Waals surface area contributed by atoms with Gasteiger partial charge in [0.2, 0.25) is 0 Å². The van der Waals surface area contributed by atoms with Crippen LogP contribution in [0.25, 0.3) is 0 Å². The number of anilines is 1. The standard InChI is InChI=1S/C16H19BrN2/c1-12-3-5-13(6-4-12)11-19(2)16-8-7-15(17)9-14(16)10-18/h3-9H,10-11,18H2,1-2H3. The van der Waals surface area contributed by atoms with Gasteiger partial charge in [-0.3, -0.25) is 0 Å². The quantitative estimate of drug-likeness (QED) is 0.927. The minimum Gasteiger partial charge on any atom is -0.370 e. The molecule has 0 amide bonds. The molecule has 0 bridgehead atoms. The summed E-state index contributed by atoms with van der Waals surface area (Å²) in [5.74, 6) is 0. The van der Waals surface area contributed by atoms with E-state index in [2.05, 4.69) is 77.3 Å². The van der Waals surface area contributed by atoms with E-state index >= 15 is 0 Å². The lowest BCUT2D eigenvalue weighted by molar-refractivity contribution is 0.903. The lowest BCUT2D eigenvalue weighted by Crippen LogP contribution is -2.18. The first-order chi connectivity index (χ1) is 9.10. The van der Waals surface area contributed by atoms with Gasteiger partial charge in [-0.15, -0.1) is 0 Å². The minimum atomic E-state index is 0.549. The Bertz CT molecular complexity index is 549. The Labute approximate surface area is 123 Å². The van der Waals surface area contributed by atoms with Crippen LogP contribution in [0.15, 0.2) is 46.9 Å². The van der Waals surface area contributed by atoms with E-state index in [-0.39, 0.29) is 0 Å². The molecule has 0 aromatic heterocycles. The summed E-state index contributed by atoms with van der Waals surface area (Å²) in [7, 11) is 2.10. The molecule has 0 saturated heterocycles. The van der Waals surface area contributed by atoms with Gasteiger partial charge in [0.25, 0.3) is 0 Å². The molecule has 0 aliphatic rings. The van der Waals surface area contributed by atoms with E-state index in [0.29, 0.717) is 6.54 Å². The van der Waals surface area contributed by atoms with E-state index in [1.807, 2.05) is 0 Å². The van der Waals surface area contributed by atoms with Crippen LogP contribution in [-0.2, 0) is 13.1 Å². The summed E-state index contributed by atoms with van der Waals surface area (Å²) < 4.78 is 1.07. The minimum absolute atomic E-state index is 0.549. The molecule has 0 atom stereocenters. The number of hydrogen-bond acceptors (Lipinski definition) is 2. The van der Waals surface area contributed by atoms with Gasteiger partial charge >= 0.3 is 0 Å². The Kier molecular flexibility index (Phi) is 4.61. The van der Waals surface area contributed by atoms with Crippen LogP contribution in [0.4, 0.5) is 5.69 Å². The van der Waals surface area contributed by atoms with Crippen molar-refractivity contribution in [1.82, 2.24) is 0 Å². The van der Waals surface area contributed by atoms with E-state index in [1.165, 1.54) is 16.8 Å². The highest BCUT2D eigenvalue weighted by Gasteiger charge is 2.07. The summed E-state index contributed by atoms with van der Waals surface area (Å²) in [5, 5.41) is 0. The summed E-state index contributed by atoms with van der Waals surface area (Å²) in [6.07, 6.45) is 0. The Morgan fingerprint density at radius 1 is 1.11 bits per heavy atom. The molecule has 0 aliphatic heterocycles. The van der Waals surface area contributed by atoms with Crippen molar-refractivity contribution >= 4 is 21.6 Å². The monoisotopic (exact) mass is 318 g/mol. The third-order valence-corrected chi connectivity index (χ3v) is 3.71. The van der Waals surface area contributed by atoms with E-state index < -0.39 is 0 Å². The van der Waals surface area contributed by atoms with Crippen LogP contribution in [0.3, 0.4) is 0 Å². The van der Waals surface area contributed by atoms with E-state index in [4.69, 9.17) is 5.73 Å². The van der Waals surface area contributed by atoms with Gasteiger partial charge in [0.15, 0.2) is 0 Å². The average Bonchev–Trinajstić information content (AvgIpc) is 2.41.